The van der Waals surface area contributed by atoms with Crippen LogP contribution >= 0.6 is 0 Å². The second-order valence-corrected chi connectivity index (χ2v) is 7.56. The van der Waals surface area contributed by atoms with Gasteiger partial charge in [0.15, 0.2) is 6.29 Å². The summed E-state index contributed by atoms with van der Waals surface area (Å²) < 4.78 is 12.1. The van der Waals surface area contributed by atoms with Gasteiger partial charge < -0.3 is 9.47 Å². The monoisotopic (exact) mass is 356 g/mol. The van der Waals surface area contributed by atoms with E-state index in [1.165, 1.54) is 103 Å². The van der Waals surface area contributed by atoms with Crippen LogP contribution in [0.2, 0.25) is 0 Å². The Bertz CT molecular complexity index is 212. The molecule has 0 N–H and O–H groups in total. The van der Waals surface area contributed by atoms with Crippen LogP contribution in [0.5, 0.6) is 0 Å². The molecule has 152 valence electrons. The van der Waals surface area contributed by atoms with Crippen LogP contribution in [0, 0.1) is 0 Å². The molecule has 0 heterocycles. The van der Waals surface area contributed by atoms with Gasteiger partial charge in [0, 0.05) is 13.2 Å². The van der Waals surface area contributed by atoms with Gasteiger partial charge >= 0.3 is 0 Å². The van der Waals surface area contributed by atoms with Gasteiger partial charge in [-0.25, -0.2) is 0 Å². The van der Waals surface area contributed by atoms with E-state index in [0.29, 0.717) is 0 Å². The fraction of sp³-hybridized carbons (Fsp3) is 1.00. The summed E-state index contributed by atoms with van der Waals surface area (Å²) in [6.07, 6.45) is 22.2. The lowest BCUT2D eigenvalue weighted by molar-refractivity contribution is -0.148. The maximum absolute atomic E-state index is 6.05. The lowest BCUT2D eigenvalue weighted by Crippen LogP contribution is -2.19. The first-order valence-corrected chi connectivity index (χ1v) is 11.6. The summed E-state index contributed by atoms with van der Waals surface area (Å²) in [5, 5.41) is 0. The van der Waals surface area contributed by atoms with Gasteiger partial charge in [0.2, 0.25) is 0 Å². The Morgan fingerprint density at radius 1 is 0.440 bits per heavy atom. The molecule has 2 nitrogen and oxygen atoms in total. The van der Waals surface area contributed by atoms with Gasteiger partial charge in [0.05, 0.1) is 0 Å². The van der Waals surface area contributed by atoms with Gasteiger partial charge in [0.25, 0.3) is 0 Å². The lowest BCUT2D eigenvalue weighted by Gasteiger charge is -2.19. The fourth-order valence-electron chi connectivity index (χ4n) is 3.15. The second kappa shape index (κ2) is 22.0. The van der Waals surface area contributed by atoms with Crippen LogP contribution in [0.3, 0.4) is 0 Å². The van der Waals surface area contributed by atoms with Crippen molar-refractivity contribution in [3.8, 4) is 0 Å². The van der Waals surface area contributed by atoms with Gasteiger partial charge in [-0.1, -0.05) is 104 Å². The Morgan fingerprint density at radius 3 is 1.24 bits per heavy atom. The van der Waals surface area contributed by atoms with E-state index in [1.54, 1.807) is 0 Å². The second-order valence-electron chi connectivity index (χ2n) is 7.56. The van der Waals surface area contributed by atoms with E-state index in [0.717, 1.165) is 19.6 Å². The van der Waals surface area contributed by atoms with Gasteiger partial charge in [-0.15, -0.1) is 0 Å². The number of hydrogen-bond donors (Lipinski definition) is 0. The van der Waals surface area contributed by atoms with Crippen LogP contribution in [-0.2, 0) is 9.47 Å². The first-order valence-electron chi connectivity index (χ1n) is 11.6. The molecule has 0 unspecified atom stereocenters. The summed E-state index contributed by atoms with van der Waals surface area (Å²) in [7, 11) is 0. The highest BCUT2D eigenvalue weighted by Crippen LogP contribution is 2.13. The van der Waals surface area contributed by atoms with Crippen molar-refractivity contribution in [1.29, 1.82) is 0 Å². The Labute approximate surface area is 159 Å². The maximum Gasteiger partial charge on any atom is 0.157 e. The minimum absolute atomic E-state index is 0.0446. The quantitative estimate of drug-likeness (QED) is 0.153. The Morgan fingerprint density at radius 2 is 0.800 bits per heavy atom. The van der Waals surface area contributed by atoms with E-state index < -0.39 is 0 Å². The van der Waals surface area contributed by atoms with Crippen molar-refractivity contribution < 1.29 is 9.47 Å². The minimum Gasteiger partial charge on any atom is -0.353 e. The highest BCUT2D eigenvalue weighted by atomic mass is 16.7. The third-order valence-electron chi connectivity index (χ3n) is 4.90. The van der Waals surface area contributed by atoms with Crippen LogP contribution in [0.15, 0.2) is 0 Å². The Kier molecular flexibility index (Phi) is 21.9. The smallest absolute Gasteiger partial charge is 0.157 e. The molecule has 0 atom stereocenters. The molecule has 0 saturated carbocycles. The van der Waals surface area contributed by atoms with E-state index >= 15 is 0 Å². The average molecular weight is 357 g/mol. The fourth-order valence-corrected chi connectivity index (χ4v) is 3.15. The van der Waals surface area contributed by atoms with Crippen molar-refractivity contribution in [3.05, 3.63) is 0 Å². The topological polar surface area (TPSA) is 18.5 Å². The highest BCUT2D eigenvalue weighted by Gasteiger charge is 2.09. The number of unbranched alkanes of at least 4 members (excludes halogenated alkanes) is 13. The van der Waals surface area contributed by atoms with Gasteiger partial charge in [-0.3, -0.25) is 0 Å². The van der Waals surface area contributed by atoms with Crippen LogP contribution in [0.25, 0.3) is 0 Å². The summed E-state index contributed by atoms with van der Waals surface area (Å²) in [5.74, 6) is 0. The van der Waals surface area contributed by atoms with E-state index in [1.807, 2.05) is 0 Å². The number of rotatable bonds is 21. The van der Waals surface area contributed by atoms with Crippen molar-refractivity contribution in [1.82, 2.24) is 0 Å². The molecule has 2 heteroatoms. The predicted molar refractivity (Wildman–Crippen MR) is 111 cm³/mol. The summed E-state index contributed by atoms with van der Waals surface area (Å²) in [4.78, 5) is 0. The van der Waals surface area contributed by atoms with Gasteiger partial charge in [-0.05, 0) is 25.7 Å². The minimum atomic E-state index is 0.0446. The summed E-state index contributed by atoms with van der Waals surface area (Å²) in [6.45, 7) is 8.56. The van der Waals surface area contributed by atoms with E-state index in [-0.39, 0.29) is 6.29 Å². The molecule has 0 rings (SSSR count). The SMILES string of the molecule is CCCCCCCCOC(CCCCCC)OCCCCCCCC. The largest absolute Gasteiger partial charge is 0.353 e. The molecule has 0 spiro atoms. The maximum atomic E-state index is 6.05. The van der Waals surface area contributed by atoms with Crippen LogP contribution in [0.4, 0.5) is 0 Å². The summed E-state index contributed by atoms with van der Waals surface area (Å²) in [5.41, 5.74) is 0. The third-order valence-corrected chi connectivity index (χ3v) is 4.90. The van der Waals surface area contributed by atoms with Crippen molar-refractivity contribution in [2.24, 2.45) is 0 Å². The van der Waals surface area contributed by atoms with E-state index in [9.17, 15) is 0 Å². The predicted octanol–water partition coefficient (Wildman–Crippen LogP) is 8.04. The Hall–Kier alpha value is -0.0800. The van der Waals surface area contributed by atoms with Crippen molar-refractivity contribution in [2.75, 3.05) is 13.2 Å². The third kappa shape index (κ3) is 20.1. The molecule has 0 bridgehead atoms. The van der Waals surface area contributed by atoms with Crippen LogP contribution in [-0.4, -0.2) is 19.5 Å². The zero-order valence-corrected chi connectivity index (χ0v) is 17.8. The number of hydrogen-bond acceptors (Lipinski definition) is 2. The summed E-state index contributed by atoms with van der Waals surface area (Å²) in [6, 6.07) is 0. The van der Waals surface area contributed by atoms with Crippen molar-refractivity contribution in [2.45, 2.75) is 136 Å². The van der Waals surface area contributed by atoms with Crippen LogP contribution in [0.1, 0.15) is 130 Å². The number of ether oxygens (including phenoxy) is 2. The van der Waals surface area contributed by atoms with E-state index in [2.05, 4.69) is 20.8 Å². The molecule has 0 radical (unpaired) electrons. The first-order chi connectivity index (χ1) is 12.3. The molecule has 0 aliphatic heterocycles. The van der Waals surface area contributed by atoms with Crippen LogP contribution < -0.4 is 0 Å². The molecule has 0 aliphatic rings. The van der Waals surface area contributed by atoms with Gasteiger partial charge in [0.1, 0.15) is 0 Å². The molecule has 0 fully saturated rings. The average Bonchev–Trinajstić information content (AvgIpc) is 2.63. The first kappa shape index (κ1) is 24.9. The molecular weight excluding hydrogens is 308 g/mol. The van der Waals surface area contributed by atoms with Gasteiger partial charge in [-0.2, -0.15) is 0 Å². The highest BCUT2D eigenvalue weighted by molar-refractivity contribution is 4.51. The molecule has 25 heavy (non-hydrogen) atoms. The van der Waals surface area contributed by atoms with Crippen molar-refractivity contribution in [3.63, 3.8) is 0 Å². The van der Waals surface area contributed by atoms with Crippen molar-refractivity contribution >= 4 is 0 Å². The normalized spacial score (nSPS) is 11.5. The molecule has 0 aliphatic carbocycles. The molecule has 0 aromatic carbocycles. The summed E-state index contributed by atoms with van der Waals surface area (Å²) >= 11 is 0. The lowest BCUT2D eigenvalue weighted by atomic mass is 10.1. The molecule has 0 aromatic rings. The molecule has 0 amide bonds. The van der Waals surface area contributed by atoms with E-state index in [4.69, 9.17) is 9.47 Å². The molecule has 0 saturated heterocycles. The standard InChI is InChI=1S/C23H48O2/c1-4-7-10-13-15-18-21-24-23(20-17-12-9-6-3)25-22-19-16-14-11-8-5-2/h23H,4-22H2,1-3H3. The molecule has 0 aromatic heterocycles. The Balaban J connectivity index is 3.71. The zero-order chi connectivity index (χ0) is 18.4. The molecular formula is C23H48O2. The zero-order valence-electron chi connectivity index (χ0n) is 17.8.